The Hall–Kier alpha value is -2.23. The van der Waals surface area contributed by atoms with Crippen LogP contribution in [0.5, 0.6) is 0 Å². The van der Waals surface area contributed by atoms with Gasteiger partial charge in [-0.1, -0.05) is 30.7 Å². The third kappa shape index (κ3) is 4.26. The highest BCUT2D eigenvalue weighted by Crippen LogP contribution is 2.35. The second-order valence-corrected chi connectivity index (χ2v) is 8.73. The van der Waals surface area contributed by atoms with Gasteiger partial charge in [0.25, 0.3) is 10.0 Å². The normalized spacial score (nSPS) is 11.4. The molecule has 0 fully saturated rings. The molecule has 0 saturated carbocycles. The average molecular weight is 444 g/mol. The van der Waals surface area contributed by atoms with E-state index >= 15 is 0 Å². The minimum absolute atomic E-state index is 0.00912. The van der Waals surface area contributed by atoms with Crippen LogP contribution in [0.15, 0.2) is 52.9 Å². The number of para-hydroxylation sites is 1. The van der Waals surface area contributed by atoms with Gasteiger partial charge >= 0.3 is 0 Å². The van der Waals surface area contributed by atoms with Gasteiger partial charge in [-0.3, -0.25) is 4.72 Å². The molecule has 3 aromatic rings. The summed E-state index contributed by atoms with van der Waals surface area (Å²) in [5, 5.41) is 1.55. The van der Waals surface area contributed by atoms with E-state index in [0.29, 0.717) is 13.0 Å². The Balaban J connectivity index is 2.04. The predicted octanol–water partition coefficient (Wildman–Crippen LogP) is 5.42. The Morgan fingerprint density at radius 3 is 2.57 bits per heavy atom. The predicted molar refractivity (Wildman–Crippen MR) is 108 cm³/mol. The van der Waals surface area contributed by atoms with Crippen LogP contribution in [0.4, 0.5) is 25.3 Å². The number of nitrogens with one attached hydrogen (secondary N) is 1. The van der Waals surface area contributed by atoms with Crippen LogP contribution >= 0.6 is 22.9 Å². The topological polar surface area (TPSA) is 62.3 Å². The number of hydrogen-bond acceptors (Lipinski definition) is 5. The average Bonchev–Trinajstić information content (AvgIpc) is 3.14. The molecule has 0 spiro atoms. The van der Waals surface area contributed by atoms with Crippen molar-refractivity contribution in [2.75, 3.05) is 16.2 Å². The molecule has 28 heavy (non-hydrogen) atoms. The fourth-order valence-electron chi connectivity index (χ4n) is 2.64. The first-order chi connectivity index (χ1) is 13.3. The van der Waals surface area contributed by atoms with Crippen molar-refractivity contribution in [1.29, 1.82) is 0 Å². The lowest BCUT2D eigenvalue weighted by Gasteiger charge is -2.26. The first kappa shape index (κ1) is 20.5. The lowest BCUT2D eigenvalue weighted by Crippen LogP contribution is -2.21. The van der Waals surface area contributed by atoms with Crippen LogP contribution in [0.1, 0.15) is 13.3 Å². The highest BCUT2D eigenvalue weighted by atomic mass is 35.5. The smallest absolute Gasteiger partial charge is 0.265 e. The molecule has 1 N–H and O–H groups in total. The minimum Gasteiger partial charge on any atom is -0.337 e. The number of nitrogens with zero attached hydrogens (tertiary/aromatic N) is 2. The van der Waals surface area contributed by atoms with Crippen molar-refractivity contribution in [2.24, 2.45) is 0 Å². The van der Waals surface area contributed by atoms with Crippen molar-refractivity contribution in [1.82, 2.24) is 4.98 Å². The van der Waals surface area contributed by atoms with E-state index in [1.165, 1.54) is 35.4 Å². The van der Waals surface area contributed by atoms with E-state index in [9.17, 15) is 17.2 Å². The third-order valence-electron chi connectivity index (χ3n) is 3.83. The fraction of sp³-hybridized carbons (Fsp3) is 0.167. The molecule has 1 heterocycles. The number of halogens is 3. The van der Waals surface area contributed by atoms with Gasteiger partial charge in [0.2, 0.25) is 0 Å². The standard InChI is InChI=1S/C18H16ClF2N3O2S2/c1-2-8-24(15-6-4-3-5-13(15)20)16-10-12(19)17(11-14(16)21)28(25,26)23-18-22-7-9-27-18/h3-7,9-11H,2,8H2,1H3,(H,22,23). The minimum atomic E-state index is -4.13. The highest BCUT2D eigenvalue weighted by molar-refractivity contribution is 7.93. The molecule has 0 amide bonds. The molecular formula is C18H16ClF2N3O2S2. The molecule has 0 saturated heterocycles. The van der Waals surface area contributed by atoms with Crippen LogP contribution in [0.25, 0.3) is 0 Å². The summed E-state index contributed by atoms with van der Waals surface area (Å²) in [4.78, 5) is 4.85. The summed E-state index contributed by atoms with van der Waals surface area (Å²) in [6, 6.07) is 7.98. The van der Waals surface area contributed by atoms with Gasteiger partial charge < -0.3 is 4.90 Å². The Morgan fingerprint density at radius 1 is 1.18 bits per heavy atom. The molecule has 0 radical (unpaired) electrons. The Labute approximate surface area is 170 Å². The molecule has 1 aromatic heterocycles. The summed E-state index contributed by atoms with van der Waals surface area (Å²) in [7, 11) is -4.13. The second-order valence-electron chi connectivity index (χ2n) is 5.78. The molecular weight excluding hydrogens is 428 g/mol. The number of hydrogen-bond donors (Lipinski definition) is 1. The summed E-state index contributed by atoms with van der Waals surface area (Å²) in [5.41, 5.74) is 0.168. The first-order valence-corrected chi connectivity index (χ1v) is 11.0. The number of benzene rings is 2. The summed E-state index contributed by atoms with van der Waals surface area (Å²) in [5.74, 6) is -1.35. The van der Waals surface area contributed by atoms with E-state index in [2.05, 4.69) is 9.71 Å². The van der Waals surface area contributed by atoms with E-state index in [1.807, 2.05) is 6.92 Å². The maximum Gasteiger partial charge on any atom is 0.265 e. The van der Waals surface area contributed by atoms with Crippen molar-refractivity contribution < 1.29 is 17.2 Å². The first-order valence-electron chi connectivity index (χ1n) is 8.27. The summed E-state index contributed by atoms with van der Waals surface area (Å²) in [6.07, 6.45) is 2.04. The zero-order chi connectivity index (χ0) is 20.3. The zero-order valence-corrected chi connectivity index (χ0v) is 17.1. The Morgan fingerprint density at radius 2 is 1.93 bits per heavy atom. The van der Waals surface area contributed by atoms with E-state index < -0.39 is 26.6 Å². The Kier molecular flexibility index (Phi) is 6.17. The van der Waals surface area contributed by atoms with Crippen molar-refractivity contribution >= 4 is 49.5 Å². The van der Waals surface area contributed by atoms with Crippen molar-refractivity contribution in [2.45, 2.75) is 18.2 Å². The molecule has 10 heteroatoms. The number of anilines is 3. The van der Waals surface area contributed by atoms with Gasteiger partial charge in [0.1, 0.15) is 16.5 Å². The summed E-state index contributed by atoms with van der Waals surface area (Å²) < 4.78 is 56.5. The number of sulfonamides is 1. The lowest BCUT2D eigenvalue weighted by molar-refractivity contribution is 0.593. The van der Waals surface area contributed by atoms with Crippen LogP contribution in [-0.2, 0) is 10.0 Å². The van der Waals surface area contributed by atoms with Crippen molar-refractivity contribution in [3.63, 3.8) is 0 Å². The maximum atomic E-state index is 14.9. The fourth-order valence-corrected chi connectivity index (χ4v) is 4.96. The van der Waals surface area contributed by atoms with E-state index in [1.54, 1.807) is 11.4 Å². The molecule has 5 nitrogen and oxygen atoms in total. The maximum absolute atomic E-state index is 14.9. The van der Waals surface area contributed by atoms with E-state index in [4.69, 9.17) is 11.6 Å². The molecule has 0 bridgehead atoms. The highest BCUT2D eigenvalue weighted by Gasteiger charge is 2.24. The zero-order valence-electron chi connectivity index (χ0n) is 14.7. The second kappa shape index (κ2) is 8.42. The summed E-state index contributed by atoms with van der Waals surface area (Å²) in [6.45, 7) is 2.18. The molecule has 148 valence electrons. The van der Waals surface area contributed by atoms with Gasteiger partial charge in [-0.15, -0.1) is 11.3 Å². The SMILES string of the molecule is CCCN(c1ccccc1F)c1cc(Cl)c(S(=O)(=O)Nc2nccs2)cc1F. The summed E-state index contributed by atoms with van der Waals surface area (Å²) >= 11 is 7.25. The largest absolute Gasteiger partial charge is 0.337 e. The van der Waals surface area contributed by atoms with Crippen LogP contribution in [0.2, 0.25) is 5.02 Å². The molecule has 0 aliphatic rings. The lowest BCUT2D eigenvalue weighted by atomic mass is 10.2. The Bertz CT molecular complexity index is 1080. The number of thiazole rings is 1. The van der Waals surface area contributed by atoms with Crippen LogP contribution in [0.3, 0.4) is 0 Å². The molecule has 3 rings (SSSR count). The van der Waals surface area contributed by atoms with E-state index in [-0.39, 0.29) is 21.5 Å². The van der Waals surface area contributed by atoms with Gasteiger partial charge in [-0.25, -0.2) is 22.2 Å². The van der Waals surface area contributed by atoms with Crippen molar-refractivity contribution in [3.8, 4) is 0 Å². The van der Waals surface area contributed by atoms with Crippen LogP contribution in [-0.4, -0.2) is 19.9 Å². The number of rotatable bonds is 7. The van der Waals surface area contributed by atoms with Crippen molar-refractivity contribution in [3.05, 3.63) is 64.6 Å². The van der Waals surface area contributed by atoms with E-state index in [0.717, 1.165) is 17.4 Å². The molecule has 0 atom stereocenters. The van der Waals surface area contributed by atoms with Gasteiger partial charge in [-0.2, -0.15) is 0 Å². The van der Waals surface area contributed by atoms with Crippen LogP contribution < -0.4 is 9.62 Å². The quantitative estimate of drug-likeness (QED) is 0.529. The molecule has 0 aliphatic carbocycles. The third-order valence-corrected chi connectivity index (χ3v) is 6.45. The van der Waals surface area contributed by atoms with Gasteiger partial charge in [0, 0.05) is 18.1 Å². The molecule has 0 unspecified atom stereocenters. The monoisotopic (exact) mass is 443 g/mol. The van der Waals surface area contributed by atoms with Gasteiger partial charge in [0.05, 0.1) is 16.4 Å². The molecule has 2 aromatic carbocycles. The van der Waals surface area contributed by atoms with Crippen LogP contribution in [0, 0.1) is 11.6 Å². The van der Waals surface area contributed by atoms with Gasteiger partial charge in [-0.05, 0) is 30.7 Å². The van der Waals surface area contributed by atoms with Gasteiger partial charge in [0.15, 0.2) is 5.13 Å². The number of aromatic nitrogens is 1. The molecule has 0 aliphatic heterocycles.